The predicted molar refractivity (Wildman–Crippen MR) is 144 cm³/mol. The van der Waals surface area contributed by atoms with Gasteiger partial charge in [-0.25, -0.2) is 13.8 Å². The van der Waals surface area contributed by atoms with Gasteiger partial charge in [0.05, 0.1) is 0 Å². The molecule has 182 valence electrons. The van der Waals surface area contributed by atoms with E-state index in [9.17, 15) is 8.78 Å². The maximum absolute atomic E-state index is 15.0. The summed E-state index contributed by atoms with van der Waals surface area (Å²) in [4.78, 5) is 3.75. The molecular formula is C24H23F2N5S4. The highest BCUT2D eigenvalue weighted by atomic mass is 32.2. The molecule has 11 heteroatoms. The lowest BCUT2D eigenvalue weighted by Crippen LogP contribution is -2.43. The molecule has 2 N–H and O–H groups in total. The molecule has 2 atom stereocenters. The molecule has 1 aromatic carbocycles. The molecule has 4 aromatic rings. The zero-order valence-electron chi connectivity index (χ0n) is 19.3. The van der Waals surface area contributed by atoms with Gasteiger partial charge in [-0.3, -0.25) is 0 Å². The van der Waals surface area contributed by atoms with Crippen molar-refractivity contribution in [2.75, 3.05) is 11.6 Å². The van der Waals surface area contributed by atoms with E-state index in [1.807, 2.05) is 11.9 Å². The molecule has 0 aliphatic carbocycles. The van der Waals surface area contributed by atoms with E-state index in [4.69, 9.17) is 10.8 Å². The highest BCUT2D eigenvalue weighted by molar-refractivity contribution is 8.15. The molecule has 0 saturated carbocycles. The van der Waals surface area contributed by atoms with Gasteiger partial charge in [-0.05, 0) is 76.2 Å². The van der Waals surface area contributed by atoms with Gasteiger partial charge in [-0.15, -0.1) is 32.9 Å². The minimum absolute atomic E-state index is 0.0867. The van der Waals surface area contributed by atoms with Gasteiger partial charge in [-0.1, -0.05) is 23.1 Å². The number of anilines is 1. The Morgan fingerprint density at radius 1 is 0.971 bits per heavy atom. The molecular weight excluding hydrogens is 525 g/mol. The molecule has 1 aliphatic rings. The highest BCUT2D eigenvalue weighted by Gasteiger charge is 2.55. The maximum atomic E-state index is 15.0. The predicted octanol–water partition coefficient (Wildman–Crippen LogP) is 6.77. The number of aromatic nitrogens is 2. The molecule has 0 radical (unpaired) electrons. The number of aryl methyl sites for hydroxylation is 3. The second kappa shape index (κ2) is 9.70. The average molecular weight is 548 g/mol. The average Bonchev–Trinajstić information content (AvgIpc) is 3.61. The third-order valence-corrected chi connectivity index (χ3v) is 10.4. The first-order chi connectivity index (χ1) is 16.8. The topological polar surface area (TPSA) is 67.4 Å². The molecule has 5 rings (SSSR count). The number of nitrogens with two attached hydrogens (primary N) is 1. The molecule has 0 amide bonds. The van der Waals surface area contributed by atoms with E-state index in [1.165, 1.54) is 34.0 Å². The summed E-state index contributed by atoms with van der Waals surface area (Å²) in [7, 11) is 0. The number of rotatable bonds is 7. The molecule has 3 aromatic heterocycles. The Morgan fingerprint density at radius 3 is 2.37 bits per heavy atom. The van der Waals surface area contributed by atoms with Crippen molar-refractivity contribution in [2.24, 2.45) is 10.8 Å². The van der Waals surface area contributed by atoms with E-state index in [2.05, 4.69) is 48.3 Å². The number of hydrogen-bond acceptors (Lipinski definition) is 9. The lowest BCUT2D eigenvalue weighted by atomic mass is 9.91. The summed E-state index contributed by atoms with van der Waals surface area (Å²) in [6, 6.07) is 11.9. The monoisotopic (exact) mass is 547 g/mol. The minimum atomic E-state index is -0.796. The van der Waals surface area contributed by atoms with Crippen LogP contribution in [0.25, 0.3) is 0 Å². The molecule has 0 saturated heterocycles. The summed E-state index contributed by atoms with van der Waals surface area (Å²) in [6.45, 7) is 6.48. The van der Waals surface area contributed by atoms with E-state index in [0.29, 0.717) is 23.1 Å². The van der Waals surface area contributed by atoms with Crippen molar-refractivity contribution >= 4 is 55.9 Å². The van der Waals surface area contributed by atoms with Crippen LogP contribution in [-0.4, -0.2) is 21.8 Å². The van der Waals surface area contributed by atoms with Gasteiger partial charge in [0, 0.05) is 31.0 Å². The van der Waals surface area contributed by atoms with Crippen molar-refractivity contribution in [3.8, 4) is 0 Å². The lowest BCUT2D eigenvalue weighted by molar-refractivity contribution is 0.463. The minimum Gasteiger partial charge on any atom is -0.330 e. The van der Waals surface area contributed by atoms with Gasteiger partial charge < -0.3 is 5.73 Å². The van der Waals surface area contributed by atoms with Crippen LogP contribution in [0.2, 0.25) is 0 Å². The summed E-state index contributed by atoms with van der Waals surface area (Å²) in [5.41, 5.74) is 6.30. The molecule has 0 bridgehead atoms. The SMILES string of the molecule is Cc1ccc(C(CCN)C2(c3ccc(C)s3)SC(c3cc(F)ccc3F)=NN2c2nnc(C)s2)s1. The van der Waals surface area contributed by atoms with E-state index < -0.39 is 16.5 Å². The van der Waals surface area contributed by atoms with Crippen molar-refractivity contribution in [1.29, 1.82) is 0 Å². The molecule has 4 heterocycles. The zero-order valence-corrected chi connectivity index (χ0v) is 22.6. The third kappa shape index (κ3) is 4.44. The summed E-state index contributed by atoms with van der Waals surface area (Å²) >= 11 is 6.24. The van der Waals surface area contributed by atoms with Gasteiger partial charge in [0.25, 0.3) is 0 Å². The largest absolute Gasteiger partial charge is 0.330 e. The molecule has 0 spiro atoms. The van der Waals surface area contributed by atoms with Crippen molar-refractivity contribution in [2.45, 2.75) is 38.0 Å². The Balaban J connectivity index is 1.77. The fourth-order valence-corrected chi connectivity index (χ4v) is 8.82. The van der Waals surface area contributed by atoms with Gasteiger partial charge in [0.1, 0.15) is 21.7 Å². The Bertz CT molecular complexity index is 1390. The number of hydrazone groups is 1. The first-order valence-electron chi connectivity index (χ1n) is 11.0. The van der Waals surface area contributed by atoms with Crippen LogP contribution in [-0.2, 0) is 4.87 Å². The smallest absolute Gasteiger partial charge is 0.230 e. The Morgan fingerprint density at radius 2 is 1.74 bits per heavy atom. The van der Waals surface area contributed by atoms with E-state index in [-0.39, 0.29) is 11.5 Å². The van der Waals surface area contributed by atoms with Crippen molar-refractivity contribution in [3.05, 3.63) is 84.2 Å². The number of hydrogen-bond donors (Lipinski definition) is 1. The number of thiophene rings is 2. The van der Waals surface area contributed by atoms with Gasteiger partial charge in [-0.2, -0.15) is 5.10 Å². The summed E-state index contributed by atoms with van der Waals surface area (Å²) < 4.78 is 29.2. The van der Waals surface area contributed by atoms with Crippen molar-refractivity contribution in [1.82, 2.24) is 10.2 Å². The van der Waals surface area contributed by atoms with Crippen LogP contribution in [0.1, 0.15) is 42.4 Å². The van der Waals surface area contributed by atoms with Gasteiger partial charge >= 0.3 is 0 Å². The zero-order chi connectivity index (χ0) is 24.7. The Hall–Kier alpha value is -2.18. The van der Waals surface area contributed by atoms with Crippen LogP contribution in [0.4, 0.5) is 13.9 Å². The van der Waals surface area contributed by atoms with Gasteiger partial charge in [0.15, 0.2) is 4.87 Å². The lowest BCUT2D eigenvalue weighted by Gasteiger charge is -2.40. The highest BCUT2D eigenvalue weighted by Crippen LogP contribution is 2.60. The van der Waals surface area contributed by atoms with E-state index in [0.717, 1.165) is 31.8 Å². The van der Waals surface area contributed by atoms with Crippen molar-refractivity contribution < 1.29 is 8.78 Å². The number of nitrogens with zero attached hydrogens (tertiary/aromatic N) is 4. The number of benzene rings is 1. The number of thioether (sulfide) groups is 1. The van der Waals surface area contributed by atoms with Crippen LogP contribution in [0.15, 0.2) is 47.6 Å². The fraction of sp³-hybridized carbons (Fsp3) is 0.292. The second-order valence-corrected chi connectivity index (χ2v) is 13.2. The van der Waals surface area contributed by atoms with Crippen LogP contribution in [0.5, 0.6) is 0 Å². The molecule has 1 aliphatic heterocycles. The van der Waals surface area contributed by atoms with Gasteiger partial charge in [0.2, 0.25) is 5.13 Å². The summed E-state index contributed by atoms with van der Waals surface area (Å²) in [5, 5.41) is 17.2. The molecule has 0 fully saturated rings. The van der Waals surface area contributed by atoms with Crippen LogP contribution >= 0.6 is 45.8 Å². The molecule has 5 nitrogen and oxygen atoms in total. The summed E-state index contributed by atoms with van der Waals surface area (Å²) in [5.74, 6) is -1.12. The van der Waals surface area contributed by atoms with E-state index in [1.54, 1.807) is 22.7 Å². The molecule has 2 unspecified atom stereocenters. The summed E-state index contributed by atoms with van der Waals surface area (Å²) in [6.07, 6.45) is 0.673. The van der Waals surface area contributed by atoms with E-state index >= 15 is 0 Å². The van der Waals surface area contributed by atoms with Crippen molar-refractivity contribution in [3.63, 3.8) is 0 Å². The third-order valence-electron chi connectivity index (χ3n) is 5.74. The molecule has 35 heavy (non-hydrogen) atoms. The number of halogens is 2. The van der Waals surface area contributed by atoms with Crippen LogP contribution < -0.4 is 10.7 Å². The fourth-order valence-electron chi connectivity index (χ4n) is 4.21. The van der Waals surface area contributed by atoms with Crippen LogP contribution in [0, 0.1) is 32.4 Å². The van der Waals surface area contributed by atoms with Crippen LogP contribution in [0.3, 0.4) is 0 Å². The normalized spacial score (nSPS) is 18.8. The second-order valence-electron chi connectivity index (χ2n) is 8.23. The first-order valence-corrected chi connectivity index (χ1v) is 14.2. The first kappa shape index (κ1) is 24.5. The maximum Gasteiger partial charge on any atom is 0.230 e. The Labute approximate surface area is 218 Å². The Kier molecular flexibility index (Phi) is 6.79. The quantitative estimate of drug-likeness (QED) is 0.277. The standard InChI is InChI=1S/C24H23F2N5S4/c1-13-4-8-20(32-13)18(10-11-27)24(21-9-5-14(2)33-21)31(23-29-28-15(3)34-23)30-22(35-24)17-12-16(25)6-7-19(17)26/h4-9,12,18H,10-11,27H2,1-3H3.